The van der Waals surface area contributed by atoms with Crippen molar-refractivity contribution >= 4 is 11.4 Å². The predicted molar refractivity (Wildman–Crippen MR) is 131 cm³/mol. The molecule has 2 fully saturated rings. The van der Waals surface area contributed by atoms with Gasteiger partial charge in [0.05, 0.1) is 26.4 Å². The van der Waals surface area contributed by atoms with Crippen LogP contribution in [0, 0.1) is 0 Å². The average molecular weight is 431 g/mol. The van der Waals surface area contributed by atoms with Crippen LogP contribution in [0.1, 0.15) is 11.1 Å². The maximum atomic E-state index is 5.71. The van der Waals surface area contributed by atoms with Gasteiger partial charge >= 0.3 is 0 Å². The Hall–Kier alpha value is -2.50. The van der Waals surface area contributed by atoms with E-state index in [1.165, 1.54) is 22.5 Å². The van der Waals surface area contributed by atoms with Gasteiger partial charge in [0.2, 0.25) is 0 Å². The summed E-state index contributed by atoms with van der Waals surface area (Å²) in [5, 5.41) is 0. The van der Waals surface area contributed by atoms with E-state index in [0.717, 1.165) is 74.7 Å². The molecule has 3 aromatic carbocycles. The molecule has 4 heteroatoms. The minimum absolute atomic E-state index is 0.826. The van der Waals surface area contributed by atoms with Crippen LogP contribution in [-0.2, 0) is 22.6 Å². The highest BCUT2D eigenvalue weighted by Crippen LogP contribution is 2.30. The molecule has 0 unspecified atom stereocenters. The van der Waals surface area contributed by atoms with Crippen LogP contribution in [0.4, 0.5) is 11.4 Å². The second-order valence-electron chi connectivity index (χ2n) is 9.21. The van der Waals surface area contributed by atoms with E-state index in [4.69, 9.17) is 9.47 Å². The highest BCUT2D eigenvalue weighted by molar-refractivity contribution is 5.45. The van der Waals surface area contributed by atoms with Crippen molar-refractivity contribution < 1.29 is 9.47 Å². The maximum absolute atomic E-state index is 5.71. The van der Waals surface area contributed by atoms with Gasteiger partial charge in [0.15, 0.2) is 0 Å². The highest BCUT2D eigenvalue weighted by atomic mass is 16.5. The van der Waals surface area contributed by atoms with E-state index in [2.05, 4.69) is 84.9 Å². The second-order valence-corrected chi connectivity index (χ2v) is 9.21. The molecule has 2 aliphatic heterocycles. The van der Waals surface area contributed by atoms with Crippen molar-refractivity contribution in [3.8, 4) is 0 Å². The standard InChI is InChI=1S/C28H34N2O2/c1-3-7-27(8-4-1)29(15-19-31-20-16-29)23-25-11-13-26(14-12-25)24-30(17-21-32-22-18-30)28-9-5-2-6-10-28/h1-14H,15-24H2/q+2. The molecular weight excluding hydrogens is 396 g/mol. The van der Waals surface area contributed by atoms with Gasteiger partial charge in [-0.05, 0) is 24.3 Å². The van der Waals surface area contributed by atoms with Gasteiger partial charge in [-0.3, -0.25) is 8.97 Å². The Bertz CT molecular complexity index is 894. The lowest BCUT2D eigenvalue weighted by atomic mass is 10.1. The topological polar surface area (TPSA) is 18.5 Å². The lowest BCUT2D eigenvalue weighted by molar-refractivity contribution is 0.0366. The zero-order chi connectivity index (χ0) is 21.7. The van der Waals surface area contributed by atoms with Crippen LogP contribution in [0.3, 0.4) is 0 Å². The Kier molecular flexibility index (Phi) is 6.37. The molecule has 4 nitrogen and oxygen atoms in total. The van der Waals surface area contributed by atoms with E-state index in [9.17, 15) is 0 Å². The number of nitrogens with zero attached hydrogens (tertiary/aromatic N) is 2. The Labute approximate surface area is 191 Å². The average Bonchev–Trinajstić information content (AvgIpc) is 2.87. The second kappa shape index (κ2) is 9.55. The van der Waals surface area contributed by atoms with Crippen LogP contribution in [-0.4, -0.2) is 52.6 Å². The van der Waals surface area contributed by atoms with Gasteiger partial charge in [0, 0.05) is 11.1 Å². The summed E-state index contributed by atoms with van der Waals surface area (Å²) in [5.74, 6) is 0. The first-order valence-corrected chi connectivity index (χ1v) is 11.8. The fraction of sp³-hybridized carbons (Fsp3) is 0.357. The minimum Gasteiger partial charge on any atom is -0.370 e. The smallest absolute Gasteiger partial charge is 0.133 e. The number of hydrogen-bond donors (Lipinski definition) is 0. The summed E-state index contributed by atoms with van der Waals surface area (Å²) in [5.41, 5.74) is 5.57. The van der Waals surface area contributed by atoms with Gasteiger partial charge in [-0.15, -0.1) is 0 Å². The van der Waals surface area contributed by atoms with Crippen molar-refractivity contribution in [2.45, 2.75) is 13.1 Å². The summed E-state index contributed by atoms with van der Waals surface area (Å²) in [6, 6.07) is 31.3. The number of para-hydroxylation sites is 2. The van der Waals surface area contributed by atoms with Gasteiger partial charge < -0.3 is 9.47 Å². The van der Waals surface area contributed by atoms with Crippen molar-refractivity contribution in [3.63, 3.8) is 0 Å². The fourth-order valence-corrected chi connectivity index (χ4v) is 5.34. The molecule has 0 aromatic heterocycles. The van der Waals surface area contributed by atoms with Gasteiger partial charge in [-0.2, -0.15) is 0 Å². The molecule has 0 saturated carbocycles. The molecule has 0 bridgehead atoms. The molecule has 32 heavy (non-hydrogen) atoms. The van der Waals surface area contributed by atoms with Crippen molar-refractivity contribution in [1.82, 2.24) is 8.97 Å². The number of rotatable bonds is 6. The Morgan fingerprint density at radius 2 is 0.812 bits per heavy atom. The van der Waals surface area contributed by atoms with E-state index < -0.39 is 0 Å². The van der Waals surface area contributed by atoms with E-state index in [1.54, 1.807) is 0 Å². The summed E-state index contributed by atoms with van der Waals surface area (Å²) in [6.45, 7) is 9.44. The van der Waals surface area contributed by atoms with Gasteiger partial charge in [-0.1, -0.05) is 60.7 Å². The molecule has 2 heterocycles. The largest absolute Gasteiger partial charge is 0.370 e. The van der Waals surface area contributed by atoms with Crippen LogP contribution in [0.25, 0.3) is 0 Å². The Morgan fingerprint density at radius 3 is 1.16 bits per heavy atom. The number of benzene rings is 3. The molecule has 0 atom stereocenters. The van der Waals surface area contributed by atoms with E-state index in [0.29, 0.717) is 0 Å². The summed E-state index contributed by atoms with van der Waals surface area (Å²) < 4.78 is 13.4. The van der Waals surface area contributed by atoms with Gasteiger partial charge in [0.25, 0.3) is 0 Å². The quantitative estimate of drug-likeness (QED) is 0.525. The molecule has 2 aliphatic rings. The predicted octanol–water partition coefficient (Wildman–Crippen LogP) is 4.76. The Balaban J connectivity index is 1.36. The molecule has 2 saturated heterocycles. The first-order valence-electron chi connectivity index (χ1n) is 11.8. The number of hydrogen-bond acceptors (Lipinski definition) is 2. The highest BCUT2D eigenvalue weighted by Gasteiger charge is 2.35. The third-order valence-electron chi connectivity index (χ3n) is 7.26. The van der Waals surface area contributed by atoms with E-state index in [-0.39, 0.29) is 0 Å². The summed E-state index contributed by atoms with van der Waals surface area (Å²) >= 11 is 0. The van der Waals surface area contributed by atoms with E-state index >= 15 is 0 Å². The molecule has 0 amide bonds. The van der Waals surface area contributed by atoms with Crippen LogP contribution in [0.15, 0.2) is 84.9 Å². The first-order chi connectivity index (χ1) is 15.8. The summed E-state index contributed by atoms with van der Waals surface area (Å²) in [7, 11) is 0. The van der Waals surface area contributed by atoms with Gasteiger partial charge in [0.1, 0.15) is 50.6 Å². The molecular formula is C28H34N2O2+2. The van der Waals surface area contributed by atoms with Crippen molar-refractivity contribution in [2.24, 2.45) is 0 Å². The summed E-state index contributed by atoms with van der Waals surface area (Å²) in [6.07, 6.45) is 0. The fourth-order valence-electron chi connectivity index (χ4n) is 5.34. The maximum Gasteiger partial charge on any atom is 0.133 e. The number of quaternary nitrogens is 2. The number of morpholine rings is 2. The lowest BCUT2D eigenvalue weighted by Gasteiger charge is -2.41. The third-order valence-corrected chi connectivity index (χ3v) is 7.26. The van der Waals surface area contributed by atoms with Crippen LogP contribution >= 0.6 is 0 Å². The van der Waals surface area contributed by atoms with Gasteiger partial charge in [-0.25, -0.2) is 0 Å². The van der Waals surface area contributed by atoms with E-state index in [1.807, 2.05) is 0 Å². The molecule has 3 aromatic rings. The Morgan fingerprint density at radius 1 is 0.469 bits per heavy atom. The van der Waals surface area contributed by atoms with Crippen LogP contribution in [0.5, 0.6) is 0 Å². The molecule has 0 radical (unpaired) electrons. The number of ether oxygens (including phenoxy) is 2. The zero-order valence-electron chi connectivity index (χ0n) is 18.9. The minimum atomic E-state index is 0.826. The molecule has 0 spiro atoms. The van der Waals surface area contributed by atoms with Crippen molar-refractivity contribution in [1.29, 1.82) is 0 Å². The van der Waals surface area contributed by atoms with Crippen LogP contribution in [0.2, 0.25) is 0 Å². The third kappa shape index (κ3) is 4.50. The normalized spacial score (nSPS) is 20.0. The van der Waals surface area contributed by atoms with Crippen molar-refractivity contribution in [2.75, 3.05) is 52.6 Å². The summed E-state index contributed by atoms with van der Waals surface area (Å²) in [4.78, 5) is 0. The van der Waals surface area contributed by atoms with Crippen LogP contribution < -0.4 is 8.97 Å². The molecule has 0 aliphatic carbocycles. The monoisotopic (exact) mass is 430 g/mol. The molecule has 5 rings (SSSR count). The molecule has 0 N–H and O–H groups in total. The zero-order valence-corrected chi connectivity index (χ0v) is 18.9. The molecule has 166 valence electrons. The first kappa shape index (κ1) is 21.4. The lowest BCUT2D eigenvalue weighted by Crippen LogP contribution is -2.56. The SMILES string of the molecule is c1ccc([N+]2(Cc3ccc(C[N+]4(c5ccccc5)CCOCC4)cc3)CCOCC2)cc1. The van der Waals surface area contributed by atoms with Crippen molar-refractivity contribution in [3.05, 3.63) is 96.1 Å².